The summed E-state index contributed by atoms with van der Waals surface area (Å²) in [5, 5.41) is 3.14. The molecule has 0 unspecified atom stereocenters. The third-order valence-electron chi connectivity index (χ3n) is 5.29. The summed E-state index contributed by atoms with van der Waals surface area (Å²) in [5.41, 5.74) is 2.78. The van der Waals surface area contributed by atoms with E-state index in [2.05, 4.69) is 5.32 Å². The molecule has 1 fully saturated rings. The number of hydrogen-bond donors (Lipinski definition) is 1. The Kier molecular flexibility index (Phi) is 6.53. The lowest BCUT2D eigenvalue weighted by atomic mass is 10.0. The first-order chi connectivity index (χ1) is 13.7. The molecule has 0 saturated carbocycles. The van der Waals surface area contributed by atoms with Gasteiger partial charge in [-0.1, -0.05) is 24.3 Å². The standard InChI is InChI=1S/C22H27N3O3/c1-23-20-5-3-4-6-21(20)25(16-26)18-11-13-24(14-12-18)22(27)15-17-7-9-19(28-2)10-8-17/h3-10,16,18,23H,11-15H2,1-2H3. The van der Waals surface area contributed by atoms with Crippen molar-refractivity contribution in [3.05, 3.63) is 54.1 Å². The van der Waals surface area contributed by atoms with E-state index in [1.54, 1.807) is 12.0 Å². The molecule has 6 heteroatoms. The van der Waals surface area contributed by atoms with Crippen LogP contribution in [0, 0.1) is 0 Å². The molecule has 0 radical (unpaired) electrons. The van der Waals surface area contributed by atoms with E-state index in [0.29, 0.717) is 19.5 Å². The highest BCUT2D eigenvalue weighted by Gasteiger charge is 2.28. The van der Waals surface area contributed by atoms with Crippen molar-refractivity contribution in [2.75, 3.05) is 37.5 Å². The molecule has 0 aromatic heterocycles. The van der Waals surface area contributed by atoms with Crippen LogP contribution in [0.5, 0.6) is 5.75 Å². The Hall–Kier alpha value is -3.02. The number of nitrogens with zero attached hydrogens (tertiary/aromatic N) is 2. The van der Waals surface area contributed by atoms with E-state index >= 15 is 0 Å². The molecule has 2 aromatic rings. The van der Waals surface area contributed by atoms with Crippen LogP contribution in [-0.2, 0) is 16.0 Å². The minimum absolute atomic E-state index is 0.0945. The van der Waals surface area contributed by atoms with Crippen molar-refractivity contribution in [3.63, 3.8) is 0 Å². The average molecular weight is 381 g/mol. The van der Waals surface area contributed by atoms with Gasteiger partial charge in [-0.2, -0.15) is 0 Å². The van der Waals surface area contributed by atoms with E-state index in [1.165, 1.54) is 0 Å². The largest absolute Gasteiger partial charge is 0.497 e. The Balaban J connectivity index is 1.59. The maximum atomic E-state index is 12.6. The first kappa shape index (κ1) is 19.7. The number of rotatable bonds is 7. The summed E-state index contributed by atoms with van der Waals surface area (Å²) >= 11 is 0. The van der Waals surface area contributed by atoms with Crippen molar-refractivity contribution in [2.24, 2.45) is 0 Å². The molecule has 148 valence electrons. The molecular weight excluding hydrogens is 354 g/mol. The van der Waals surface area contributed by atoms with Crippen molar-refractivity contribution < 1.29 is 14.3 Å². The van der Waals surface area contributed by atoms with E-state index in [0.717, 1.165) is 41.9 Å². The van der Waals surface area contributed by atoms with Crippen LogP contribution in [0.4, 0.5) is 11.4 Å². The van der Waals surface area contributed by atoms with E-state index in [4.69, 9.17) is 4.74 Å². The number of nitrogens with one attached hydrogen (secondary N) is 1. The Bertz CT molecular complexity index is 799. The van der Waals surface area contributed by atoms with Gasteiger partial charge in [0, 0.05) is 26.2 Å². The Morgan fingerprint density at radius 1 is 1.18 bits per heavy atom. The lowest BCUT2D eigenvalue weighted by Gasteiger charge is -2.37. The van der Waals surface area contributed by atoms with Crippen molar-refractivity contribution in [1.29, 1.82) is 0 Å². The molecule has 2 amide bonds. The van der Waals surface area contributed by atoms with E-state index in [9.17, 15) is 9.59 Å². The van der Waals surface area contributed by atoms with Crippen LogP contribution in [0.3, 0.4) is 0 Å². The number of hydrogen-bond acceptors (Lipinski definition) is 4. The molecule has 1 heterocycles. The summed E-state index contributed by atoms with van der Waals surface area (Å²) < 4.78 is 5.16. The molecule has 0 spiro atoms. The second-order valence-electron chi connectivity index (χ2n) is 6.92. The molecule has 1 saturated heterocycles. The zero-order chi connectivity index (χ0) is 19.9. The van der Waals surface area contributed by atoms with Crippen molar-refractivity contribution in [1.82, 2.24) is 4.90 Å². The first-order valence-electron chi connectivity index (χ1n) is 9.57. The molecule has 0 bridgehead atoms. The number of para-hydroxylation sites is 2. The van der Waals surface area contributed by atoms with Gasteiger partial charge >= 0.3 is 0 Å². The molecule has 0 aliphatic carbocycles. The maximum Gasteiger partial charge on any atom is 0.226 e. The number of carbonyl (C=O) groups excluding carboxylic acids is 2. The highest BCUT2D eigenvalue weighted by molar-refractivity contribution is 5.84. The zero-order valence-electron chi connectivity index (χ0n) is 16.4. The summed E-state index contributed by atoms with van der Waals surface area (Å²) in [4.78, 5) is 28.1. The summed E-state index contributed by atoms with van der Waals surface area (Å²) in [5.74, 6) is 0.907. The van der Waals surface area contributed by atoms with Gasteiger partial charge in [0.2, 0.25) is 12.3 Å². The third kappa shape index (κ3) is 4.44. The monoisotopic (exact) mass is 381 g/mol. The number of carbonyl (C=O) groups is 2. The molecule has 6 nitrogen and oxygen atoms in total. The van der Waals surface area contributed by atoms with E-state index in [1.807, 2.05) is 60.5 Å². The van der Waals surface area contributed by atoms with Crippen LogP contribution >= 0.6 is 0 Å². The van der Waals surface area contributed by atoms with Gasteiger partial charge in [0.1, 0.15) is 5.75 Å². The fraction of sp³-hybridized carbons (Fsp3) is 0.364. The maximum absolute atomic E-state index is 12.6. The smallest absolute Gasteiger partial charge is 0.226 e. The summed E-state index contributed by atoms with van der Waals surface area (Å²) in [6.45, 7) is 1.32. The van der Waals surface area contributed by atoms with Gasteiger partial charge in [-0.3, -0.25) is 9.59 Å². The van der Waals surface area contributed by atoms with Crippen LogP contribution < -0.4 is 15.0 Å². The normalized spacial score (nSPS) is 14.4. The first-order valence-corrected chi connectivity index (χ1v) is 9.57. The fourth-order valence-corrected chi connectivity index (χ4v) is 3.67. The Morgan fingerprint density at radius 2 is 1.86 bits per heavy atom. The molecule has 1 N–H and O–H groups in total. The van der Waals surface area contributed by atoms with E-state index in [-0.39, 0.29) is 11.9 Å². The summed E-state index contributed by atoms with van der Waals surface area (Å²) in [7, 11) is 3.48. The van der Waals surface area contributed by atoms with Gasteiger partial charge < -0.3 is 19.9 Å². The molecule has 1 aliphatic heterocycles. The van der Waals surface area contributed by atoms with Gasteiger partial charge in [-0.05, 0) is 42.7 Å². The quantitative estimate of drug-likeness (QED) is 0.749. The highest BCUT2D eigenvalue weighted by Crippen LogP contribution is 2.29. The van der Waals surface area contributed by atoms with Crippen molar-refractivity contribution in [3.8, 4) is 5.75 Å². The van der Waals surface area contributed by atoms with Crippen LogP contribution in [-0.4, -0.2) is 50.5 Å². The minimum Gasteiger partial charge on any atom is -0.497 e. The topological polar surface area (TPSA) is 61.9 Å². The second kappa shape index (κ2) is 9.26. The van der Waals surface area contributed by atoms with Gasteiger partial charge in [0.05, 0.1) is 24.9 Å². The number of piperidine rings is 1. The molecule has 0 atom stereocenters. The molecular formula is C22H27N3O3. The highest BCUT2D eigenvalue weighted by atomic mass is 16.5. The minimum atomic E-state index is 0.0945. The lowest BCUT2D eigenvalue weighted by Crippen LogP contribution is -2.47. The number of likely N-dealkylation sites (tertiary alicyclic amines) is 1. The molecule has 3 rings (SSSR count). The van der Waals surface area contributed by atoms with Crippen LogP contribution in [0.15, 0.2) is 48.5 Å². The third-order valence-corrected chi connectivity index (χ3v) is 5.29. The van der Waals surface area contributed by atoms with Crippen LogP contribution in [0.2, 0.25) is 0 Å². The second-order valence-corrected chi connectivity index (χ2v) is 6.92. The molecule has 28 heavy (non-hydrogen) atoms. The molecule has 2 aromatic carbocycles. The van der Waals surface area contributed by atoms with Crippen molar-refractivity contribution >= 4 is 23.7 Å². The molecule has 1 aliphatic rings. The lowest BCUT2D eigenvalue weighted by molar-refractivity contribution is -0.131. The van der Waals surface area contributed by atoms with Crippen LogP contribution in [0.1, 0.15) is 18.4 Å². The average Bonchev–Trinajstić information content (AvgIpc) is 2.75. The zero-order valence-corrected chi connectivity index (χ0v) is 16.4. The number of ether oxygens (including phenoxy) is 1. The predicted molar refractivity (Wildman–Crippen MR) is 111 cm³/mol. The van der Waals surface area contributed by atoms with Crippen molar-refractivity contribution in [2.45, 2.75) is 25.3 Å². The predicted octanol–water partition coefficient (Wildman–Crippen LogP) is 2.93. The number of amides is 2. The van der Waals surface area contributed by atoms with Gasteiger partial charge in [-0.25, -0.2) is 0 Å². The van der Waals surface area contributed by atoms with Crippen LogP contribution in [0.25, 0.3) is 0 Å². The number of benzene rings is 2. The Morgan fingerprint density at radius 3 is 2.46 bits per heavy atom. The number of methoxy groups -OCH3 is 1. The SMILES string of the molecule is CNc1ccccc1N(C=O)C1CCN(C(=O)Cc2ccc(OC)cc2)CC1. The summed E-state index contributed by atoms with van der Waals surface area (Å²) in [6, 6.07) is 15.5. The summed E-state index contributed by atoms with van der Waals surface area (Å²) in [6.07, 6.45) is 2.82. The Labute approximate surface area is 166 Å². The van der Waals surface area contributed by atoms with Gasteiger partial charge in [0.25, 0.3) is 0 Å². The van der Waals surface area contributed by atoms with Gasteiger partial charge in [-0.15, -0.1) is 0 Å². The fourth-order valence-electron chi connectivity index (χ4n) is 3.67. The van der Waals surface area contributed by atoms with Gasteiger partial charge in [0.15, 0.2) is 0 Å². The number of anilines is 2. The van der Waals surface area contributed by atoms with E-state index < -0.39 is 0 Å².